The quantitative estimate of drug-likeness (QED) is 0.667. The molecule has 2 rings (SSSR count). The van der Waals surface area contributed by atoms with Gasteiger partial charge in [-0.1, -0.05) is 43.3 Å². The largest absolute Gasteiger partial charge is 0.451 e. The summed E-state index contributed by atoms with van der Waals surface area (Å²) in [6.45, 7) is 3.75. The summed E-state index contributed by atoms with van der Waals surface area (Å²) in [7, 11) is 0. The second kappa shape index (κ2) is 6.53. The molecule has 102 valence electrons. The lowest BCUT2D eigenvalue weighted by Gasteiger charge is -2.37. The maximum Gasteiger partial charge on any atom is 0.331 e. The van der Waals surface area contributed by atoms with Crippen molar-refractivity contribution in [3.63, 3.8) is 0 Å². The third kappa shape index (κ3) is 3.44. The van der Waals surface area contributed by atoms with Crippen LogP contribution in [0.2, 0.25) is 0 Å². The molecule has 1 aromatic rings. The fraction of sp³-hybridized carbons (Fsp3) is 0.438. The van der Waals surface area contributed by atoms with Gasteiger partial charge in [0.25, 0.3) is 0 Å². The predicted octanol–water partition coefficient (Wildman–Crippen LogP) is 2.77. The lowest BCUT2D eigenvalue weighted by atomic mass is 9.85. The molecular formula is C16H21NO2. The molecule has 0 amide bonds. The highest BCUT2D eigenvalue weighted by atomic mass is 16.6. The Morgan fingerprint density at radius 3 is 2.63 bits per heavy atom. The number of allylic oxidation sites excluding steroid dienone is 1. The van der Waals surface area contributed by atoms with Crippen molar-refractivity contribution in [2.75, 3.05) is 13.1 Å². The van der Waals surface area contributed by atoms with E-state index in [-0.39, 0.29) is 5.97 Å². The molecule has 0 bridgehead atoms. The van der Waals surface area contributed by atoms with E-state index in [1.54, 1.807) is 0 Å². The summed E-state index contributed by atoms with van der Waals surface area (Å²) in [5.74, 6) is -0.243. The molecular weight excluding hydrogens is 238 g/mol. The van der Waals surface area contributed by atoms with Crippen LogP contribution >= 0.6 is 0 Å². The van der Waals surface area contributed by atoms with Crippen LogP contribution in [0.25, 0.3) is 0 Å². The van der Waals surface area contributed by atoms with Gasteiger partial charge in [0, 0.05) is 18.9 Å². The molecule has 3 nitrogen and oxygen atoms in total. The van der Waals surface area contributed by atoms with Gasteiger partial charge in [-0.15, -0.1) is 0 Å². The van der Waals surface area contributed by atoms with Crippen LogP contribution in [0, 0.1) is 0 Å². The van der Waals surface area contributed by atoms with Crippen LogP contribution in [-0.2, 0) is 15.1 Å². The van der Waals surface area contributed by atoms with Crippen LogP contribution in [0.15, 0.2) is 42.5 Å². The molecule has 0 spiro atoms. The van der Waals surface area contributed by atoms with Gasteiger partial charge in [0.05, 0.1) is 0 Å². The highest BCUT2D eigenvalue weighted by Gasteiger charge is 2.37. The SMILES string of the molecule is CC/C=C/C(=O)OC1(c2ccccc2)CCNCC1. The molecule has 0 radical (unpaired) electrons. The number of ether oxygens (including phenoxy) is 1. The van der Waals surface area contributed by atoms with E-state index >= 15 is 0 Å². The molecule has 0 unspecified atom stereocenters. The molecule has 0 aliphatic carbocycles. The first kappa shape index (κ1) is 13.8. The van der Waals surface area contributed by atoms with Crippen molar-refractivity contribution < 1.29 is 9.53 Å². The van der Waals surface area contributed by atoms with Crippen LogP contribution < -0.4 is 5.32 Å². The van der Waals surface area contributed by atoms with Gasteiger partial charge in [0.1, 0.15) is 5.60 Å². The number of hydrogen-bond donors (Lipinski definition) is 1. The van der Waals surface area contributed by atoms with Crippen molar-refractivity contribution in [2.24, 2.45) is 0 Å². The minimum absolute atomic E-state index is 0.243. The van der Waals surface area contributed by atoms with Crippen LogP contribution in [0.5, 0.6) is 0 Å². The summed E-state index contributed by atoms with van der Waals surface area (Å²) >= 11 is 0. The molecule has 0 saturated carbocycles. The average Bonchev–Trinajstić information content (AvgIpc) is 2.47. The number of nitrogens with one attached hydrogen (secondary N) is 1. The molecule has 1 fully saturated rings. The fourth-order valence-corrected chi connectivity index (χ4v) is 2.46. The zero-order chi connectivity index (χ0) is 13.6. The number of rotatable bonds is 4. The Hall–Kier alpha value is -1.61. The Bertz CT molecular complexity index is 433. The number of esters is 1. The van der Waals surface area contributed by atoms with Crippen molar-refractivity contribution in [1.82, 2.24) is 5.32 Å². The molecule has 19 heavy (non-hydrogen) atoms. The Kier molecular flexibility index (Phi) is 4.74. The van der Waals surface area contributed by atoms with Crippen LogP contribution in [0.1, 0.15) is 31.7 Å². The molecule has 1 saturated heterocycles. The summed E-state index contributed by atoms with van der Waals surface area (Å²) in [5, 5.41) is 3.32. The molecule has 1 aromatic carbocycles. The van der Waals surface area contributed by atoms with Crippen molar-refractivity contribution in [3.05, 3.63) is 48.0 Å². The topological polar surface area (TPSA) is 38.3 Å². The normalized spacial score (nSPS) is 18.4. The minimum atomic E-state index is -0.471. The summed E-state index contributed by atoms with van der Waals surface area (Å²) in [6.07, 6.45) is 5.86. The predicted molar refractivity (Wildman–Crippen MR) is 75.7 cm³/mol. The molecule has 3 heteroatoms. The molecule has 1 aliphatic heterocycles. The first-order chi connectivity index (χ1) is 9.27. The van der Waals surface area contributed by atoms with E-state index in [1.807, 2.05) is 43.3 Å². The van der Waals surface area contributed by atoms with Crippen LogP contribution in [0.4, 0.5) is 0 Å². The number of benzene rings is 1. The minimum Gasteiger partial charge on any atom is -0.451 e. The fourth-order valence-electron chi connectivity index (χ4n) is 2.46. The van der Waals surface area contributed by atoms with Crippen LogP contribution in [-0.4, -0.2) is 19.1 Å². The first-order valence-corrected chi connectivity index (χ1v) is 6.92. The Balaban J connectivity index is 2.20. The van der Waals surface area contributed by atoms with Crippen LogP contribution in [0.3, 0.4) is 0 Å². The Labute approximate surface area is 114 Å². The van der Waals surface area contributed by atoms with Gasteiger partial charge >= 0.3 is 5.97 Å². The summed E-state index contributed by atoms with van der Waals surface area (Å²) in [6, 6.07) is 10.1. The number of carbonyl (C=O) groups is 1. The summed E-state index contributed by atoms with van der Waals surface area (Å²) < 4.78 is 5.80. The number of hydrogen-bond acceptors (Lipinski definition) is 3. The monoisotopic (exact) mass is 259 g/mol. The van der Waals surface area contributed by atoms with Crippen molar-refractivity contribution in [2.45, 2.75) is 31.8 Å². The standard InChI is InChI=1S/C16H21NO2/c1-2-3-9-15(18)19-16(10-12-17-13-11-16)14-7-5-4-6-8-14/h3-9,17H,2,10-13H2,1H3/b9-3+. The number of piperidine rings is 1. The maximum atomic E-state index is 11.9. The van der Waals surface area contributed by atoms with Gasteiger partial charge in [-0.25, -0.2) is 4.79 Å². The lowest BCUT2D eigenvalue weighted by molar-refractivity contribution is -0.157. The van der Waals surface area contributed by atoms with Gasteiger partial charge in [0.15, 0.2) is 0 Å². The summed E-state index contributed by atoms with van der Waals surface area (Å²) in [5.41, 5.74) is 0.622. The van der Waals surface area contributed by atoms with E-state index in [2.05, 4.69) is 5.32 Å². The summed E-state index contributed by atoms with van der Waals surface area (Å²) in [4.78, 5) is 11.9. The lowest BCUT2D eigenvalue weighted by Crippen LogP contribution is -2.42. The van der Waals surface area contributed by atoms with Gasteiger partial charge in [-0.05, 0) is 25.1 Å². The molecule has 1 N–H and O–H groups in total. The van der Waals surface area contributed by atoms with E-state index in [0.29, 0.717) is 0 Å². The zero-order valence-electron chi connectivity index (χ0n) is 11.4. The van der Waals surface area contributed by atoms with E-state index in [4.69, 9.17) is 4.74 Å². The Morgan fingerprint density at radius 1 is 1.32 bits per heavy atom. The second-order valence-electron chi connectivity index (χ2n) is 4.84. The molecule has 1 aliphatic rings. The first-order valence-electron chi connectivity index (χ1n) is 6.92. The van der Waals surface area contributed by atoms with Crippen molar-refractivity contribution in [3.8, 4) is 0 Å². The van der Waals surface area contributed by atoms with E-state index in [0.717, 1.165) is 37.9 Å². The number of carbonyl (C=O) groups excluding carboxylic acids is 1. The zero-order valence-corrected chi connectivity index (χ0v) is 11.4. The Morgan fingerprint density at radius 2 is 2.00 bits per heavy atom. The van der Waals surface area contributed by atoms with E-state index < -0.39 is 5.60 Å². The second-order valence-corrected chi connectivity index (χ2v) is 4.84. The average molecular weight is 259 g/mol. The van der Waals surface area contributed by atoms with E-state index in [1.165, 1.54) is 6.08 Å². The van der Waals surface area contributed by atoms with Crippen molar-refractivity contribution in [1.29, 1.82) is 0 Å². The highest BCUT2D eigenvalue weighted by Crippen LogP contribution is 2.34. The molecule has 0 atom stereocenters. The van der Waals surface area contributed by atoms with Gasteiger partial charge in [-0.2, -0.15) is 0 Å². The van der Waals surface area contributed by atoms with Crippen molar-refractivity contribution >= 4 is 5.97 Å². The highest BCUT2D eigenvalue weighted by molar-refractivity contribution is 5.82. The third-order valence-corrected chi connectivity index (χ3v) is 3.50. The van der Waals surface area contributed by atoms with E-state index in [9.17, 15) is 4.79 Å². The third-order valence-electron chi connectivity index (χ3n) is 3.50. The van der Waals surface area contributed by atoms with Gasteiger partial charge < -0.3 is 10.1 Å². The van der Waals surface area contributed by atoms with Gasteiger partial charge in [-0.3, -0.25) is 0 Å². The molecule has 1 heterocycles. The maximum absolute atomic E-state index is 11.9. The molecule has 0 aromatic heterocycles. The van der Waals surface area contributed by atoms with Gasteiger partial charge in [0.2, 0.25) is 0 Å². The smallest absolute Gasteiger partial charge is 0.331 e.